The summed E-state index contributed by atoms with van der Waals surface area (Å²) in [6, 6.07) is 25.7. The largest absolute Gasteiger partial charge is 0.326 e. The number of likely N-dealkylation sites (tertiary alicyclic amines) is 1. The number of hydrogen-bond donors (Lipinski definition) is 1. The Balaban J connectivity index is 1.50. The fourth-order valence-electron chi connectivity index (χ4n) is 4.50. The third kappa shape index (κ3) is 3.87. The Bertz CT molecular complexity index is 1180. The molecule has 0 radical (unpaired) electrons. The Hall–Kier alpha value is -3.97. The van der Waals surface area contributed by atoms with Crippen molar-refractivity contribution in [2.24, 2.45) is 5.92 Å². The van der Waals surface area contributed by atoms with Crippen LogP contribution in [0.25, 0.3) is 0 Å². The lowest BCUT2D eigenvalue weighted by Gasteiger charge is -2.29. The predicted molar refractivity (Wildman–Crippen MR) is 123 cm³/mol. The van der Waals surface area contributed by atoms with Crippen molar-refractivity contribution in [3.8, 4) is 0 Å². The minimum Gasteiger partial charge on any atom is -0.326 e. The Kier molecular flexibility index (Phi) is 5.40. The molecule has 3 amide bonds. The lowest BCUT2D eigenvalue weighted by Crippen LogP contribution is -2.36. The van der Waals surface area contributed by atoms with Crippen LogP contribution < -0.4 is 10.4 Å². The number of hydrogen-bond acceptors (Lipinski definition) is 5. The van der Waals surface area contributed by atoms with Crippen LogP contribution in [0.2, 0.25) is 0 Å². The molecular formula is C26H23N3O4. The molecule has 2 saturated heterocycles. The molecule has 3 atom stereocenters. The zero-order valence-electron chi connectivity index (χ0n) is 18.0. The van der Waals surface area contributed by atoms with Gasteiger partial charge in [-0.1, -0.05) is 60.7 Å². The van der Waals surface area contributed by atoms with E-state index < -0.39 is 18.1 Å². The molecule has 3 aromatic carbocycles. The Morgan fingerprint density at radius 1 is 0.879 bits per heavy atom. The molecule has 3 aromatic rings. The number of nitrogens with one attached hydrogen (secondary N) is 1. The number of carbonyl (C=O) groups excluding carboxylic acids is 3. The SMILES string of the molecule is CC(=O)Nc1ccc([C@@H]2[C@@H]3C(=O)N(Cc4ccccc4)C(=O)[C@@H]3ON2c2ccccc2)cc1. The standard InChI is InChI=1S/C26H23N3O4/c1-17(30)27-20-14-12-19(13-15-20)23-22-24(33-29(23)21-10-6-3-7-11-21)26(32)28(25(22)31)16-18-8-4-2-5-9-18/h2-15,22-24H,16H2,1H3,(H,27,30)/t22-,23+,24+/m0/s1. The van der Waals surface area contributed by atoms with E-state index in [1.54, 1.807) is 17.2 Å². The van der Waals surface area contributed by atoms with Gasteiger partial charge in [-0.3, -0.25) is 24.1 Å². The van der Waals surface area contributed by atoms with E-state index in [0.717, 1.165) is 16.8 Å². The van der Waals surface area contributed by atoms with E-state index in [1.165, 1.54) is 11.8 Å². The second-order valence-electron chi connectivity index (χ2n) is 8.21. The van der Waals surface area contributed by atoms with Gasteiger partial charge in [-0.25, -0.2) is 5.06 Å². The monoisotopic (exact) mass is 441 g/mol. The summed E-state index contributed by atoms with van der Waals surface area (Å²) in [4.78, 5) is 45.6. The Labute approximate surface area is 191 Å². The fraction of sp³-hybridized carbons (Fsp3) is 0.192. The molecule has 7 heteroatoms. The highest BCUT2D eigenvalue weighted by molar-refractivity contribution is 6.07. The zero-order chi connectivity index (χ0) is 22.9. The van der Waals surface area contributed by atoms with E-state index in [9.17, 15) is 14.4 Å². The number of benzene rings is 3. The van der Waals surface area contributed by atoms with Crippen molar-refractivity contribution in [2.45, 2.75) is 25.6 Å². The number of fused-ring (bicyclic) bond motifs is 1. The summed E-state index contributed by atoms with van der Waals surface area (Å²) in [6.45, 7) is 1.67. The molecule has 2 aliphatic rings. The maximum atomic E-state index is 13.5. The molecule has 5 rings (SSSR count). The highest BCUT2D eigenvalue weighted by Crippen LogP contribution is 2.47. The van der Waals surface area contributed by atoms with Crippen molar-refractivity contribution in [1.29, 1.82) is 0 Å². The molecule has 7 nitrogen and oxygen atoms in total. The van der Waals surface area contributed by atoms with E-state index in [0.29, 0.717) is 5.69 Å². The number of anilines is 2. The summed E-state index contributed by atoms with van der Waals surface area (Å²) in [7, 11) is 0. The first kappa shape index (κ1) is 20.9. The molecule has 2 aliphatic heterocycles. The predicted octanol–water partition coefficient (Wildman–Crippen LogP) is 3.69. The summed E-state index contributed by atoms with van der Waals surface area (Å²) >= 11 is 0. The summed E-state index contributed by atoms with van der Waals surface area (Å²) in [5.41, 5.74) is 3.13. The lowest BCUT2D eigenvalue weighted by molar-refractivity contribution is -0.143. The van der Waals surface area contributed by atoms with Crippen LogP contribution in [0.3, 0.4) is 0 Å². The van der Waals surface area contributed by atoms with Gasteiger partial charge < -0.3 is 5.32 Å². The smallest absolute Gasteiger partial charge is 0.262 e. The lowest BCUT2D eigenvalue weighted by atomic mass is 9.90. The van der Waals surface area contributed by atoms with Crippen LogP contribution in [-0.4, -0.2) is 28.7 Å². The molecular weight excluding hydrogens is 418 g/mol. The van der Waals surface area contributed by atoms with Crippen LogP contribution in [0.5, 0.6) is 0 Å². The van der Waals surface area contributed by atoms with Gasteiger partial charge in [0.2, 0.25) is 11.8 Å². The van der Waals surface area contributed by atoms with Gasteiger partial charge in [0, 0.05) is 12.6 Å². The van der Waals surface area contributed by atoms with Gasteiger partial charge in [-0.15, -0.1) is 0 Å². The highest BCUT2D eigenvalue weighted by atomic mass is 16.7. The molecule has 33 heavy (non-hydrogen) atoms. The average molecular weight is 441 g/mol. The van der Waals surface area contributed by atoms with E-state index in [2.05, 4.69) is 5.32 Å². The summed E-state index contributed by atoms with van der Waals surface area (Å²) in [6.07, 6.45) is -0.888. The molecule has 0 bridgehead atoms. The number of para-hydroxylation sites is 1. The number of nitrogens with zero attached hydrogens (tertiary/aromatic N) is 2. The second-order valence-corrected chi connectivity index (χ2v) is 8.21. The maximum Gasteiger partial charge on any atom is 0.262 e. The van der Waals surface area contributed by atoms with Crippen LogP contribution >= 0.6 is 0 Å². The Morgan fingerprint density at radius 3 is 2.15 bits per heavy atom. The van der Waals surface area contributed by atoms with Gasteiger partial charge in [0.1, 0.15) is 5.92 Å². The van der Waals surface area contributed by atoms with E-state index >= 15 is 0 Å². The van der Waals surface area contributed by atoms with E-state index in [-0.39, 0.29) is 24.3 Å². The minimum absolute atomic E-state index is 0.161. The number of rotatable bonds is 5. The third-order valence-electron chi connectivity index (χ3n) is 5.97. The minimum atomic E-state index is -0.888. The van der Waals surface area contributed by atoms with Gasteiger partial charge >= 0.3 is 0 Å². The van der Waals surface area contributed by atoms with Crippen molar-refractivity contribution in [2.75, 3.05) is 10.4 Å². The van der Waals surface area contributed by atoms with Crippen LogP contribution in [0.4, 0.5) is 11.4 Å². The van der Waals surface area contributed by atoms with Crippen LogP contribution in [0.1, 0.15) is 24.1 Å². The third-order valence-corrected chi connectivity index (χ3v) is 5.97. The number of imide groups is 1. The van der Waals surface area contributed by atoms with Gasteiger partial charge in [0.15, 0.2) is 6.10 Å². The van der Waals surface area contributed by atoms with Crippen LogP contribution in [0.15, 0.2) is 84.9 Å². The maximum absolute atomic E-state index is 13.5. The summed E-state index contributed by atoms with van der Waals surface area (Å²) in [5.74, 6) is -1.41. The fourth-order valence-corrected chi connectivity index (χ4v) is 4.50. The summed E-state index contributed by atoms with van der Waals surface area (Å²) in [5, 5.41) is 4.41. The molecule has 0 saturated carbocycles. The number of carbonyl (C=O) groups is 3. The van der Waals surface area contributed by atoms with Crippen molar-refractivity contribution >= 4 is 29.1 Å². The molecule has 0 unspecified atom stereocenters. The quantitative estimate of drug-likeness (QED) is 0.611. The first-order valence-electron chi connectivity index (χ1n) is 10.8. The zero-order valence-corrected chi connectivity index (χ0v) is 18.0. The van der Waals surface area contributed by atoms with Crippen LogP contribution in [0, 0.1) is 5.92 Å². The van der Waals surface area contributed by atoms with E-state index in [1.807, 2.05) is 72.8 Å². The van der Waals surface area contributed by atoms with Crippen molar-refractivity contribution in [3.63, 3.8) is 0 Å². The first-order chi connectivity index (χ1) is 16.0. The van der Waals surface area contributed by atoms with Crippen molar-refractivity contribution in [3.05, 3.63) is 96.1 Å². The average Bonchev–Trinajstić information content (AvgIpc) is 3.33. The molecule has 2 heterocycles. The molecule has 1 N–H and O–H groups in total. The molecule has 0 aliphatic carbocycles. The second kappa shape index (κ2) is 8.52. The normalized spacial score (nSPS) is 21.9. The van der Waals surface area contributed by atoms with Crippen molar-refractivity contribution in [1.82, 2.24) is 4.90 Å². The number of amides is 3. The van der Waals surface area contributed by atoms with E-state index in [4.69, 9.17) is 4.84 Å². The summed E-state index contributed by atoms with van der Waals surface area (Å²) < 4.78 is 0. The molecule has 0 aromatic heterocycles. The van der Waals surface area contributed by atoms with Gasteiger partial charge in [0.25, 0.3) is 5.91 Å². The van der Waals surface area contributed by atoms with Crippen LogP contribution in [-0.2, 0) is 25.8 Å². The molecule has 166 valence electrons. The molecule has 0 spiro atoms. The van der Waals surface area contributed by atoms with Gasteiger partial charge in [0.05, 0.1) is 18.3 Å². The number of hydroxylamine groups is 1. The van der Waals surface area contributed by atoms with Crippen molar-refractivity contribution < 1.29 is 19.2 Å². The van der Waals surface area contributed by atoms with Gasteiger partial charge in [-0.2, -0.15) is 0 Å². The molecule has 2 fully saturated rings. The Morgan fingerprint density at radius 2 is 1.52 bits per heavy atom. The highest BCUT2D eigenvalue weighted by Gasteiger charge is 2.59. The topological polar surface area (TPSA) is 79.0 Å². The first-order valence-corrected chi connectivity index (χ1v) is 10.8. The van der Waals surface area contributed by atoms with Gasteiger partial charge in [-0.05, 0) is 35.4 Å².